The van der Waals surface area contributed by atoms with Crippen molar-refractivity contribution in [2.45, 2.75) is 32.9 Å². The van der Waals surface area contributed by atoms with Crippen molar-refractivity contribution in [3.05, 3.63) is 29.8 Å². The van der Waals surface area contributed by atoms with Crippen molar-refractivity contribution in [3.8, 4) is 5.75 Å². The third kappa shape index (κ3) is 3.22. The van der Waals surface area contributed by atoms with Gasteiger partial charge in [0.2, 0.25) is 0 Å². The van der Waals surface area contributed by atoms with Gasteiger partial charge in [0.15, 0.2) is 0 Å². The Balaban J connectivity index is 2.73. The largest absolute Gasteiger partial charge is 0.494 e. The minimum atomic E-state index is -0.516. The van der Waals surface area contributed by atoms with Crippen LogP contribution in [0.3, 0.4) is 0 Å². The SMILES string of the molecule is CCOc1ccc(C(N)C(O)C(C)C)cc1. The van der Waals surface area contributed by atoms with E-state index >= 15 is 0 Å². The zero-order valence-corrected chi connectivity index (χ0v) is 10.2. The molecule has 90 valence electrons. The lowest BCUT2D eigenvalue weighted by Crippen LogP contribution is -2.30. The van der Waals surface area contributed by atoms with Crippen LogP contribution in [-0.4, -0.2) is 17.8 Å². The summed E-state index contributed by atoms with van der Waals surface area (Å²) in [6, 6.07) is 7.23. The molecule has 0 fully saturated rings. The van der Waals surface area contributed by atoms with Crippen LogP contribution in [0.2, 0.25) is 0 Å². The Morgan fingerprint density at radius 1 is 1.25 bits per heavy atom. The van der Waals surface area contributed by atoms with E-state index in [9.17, 15) is 5.11 Å². The van der Waals surface area contributed by atoms with E-state index in [-0.39, 0.29) is 12.0 Å². The highest BCUT2D eigenvalue weighted by Crippen LogP contribution is 2.21. The van der Waals surface area contributed by atoms with Gasteiger partial charge < -0.3 is 15.6 Å². The molecular weight excluding hydrogens is 202 g/mol. The van der Waals surface area contributed by atoms with Crippen LogP contribution in [0.1, 0.15) is 32.4 Å². The molecule has 3 nitrogen and oxygen atoms in total. The number of rotatable bonds is 5. The van der Waals surface area contributed by atoms with Crippen molar-refractivity contribution in [2.24, 2.45) is 11.7 Å². The number of benzene rings is 1. The van der Waals surface area contributed by atoms with Gasteiger partial charge in [-0.1, -0.05) is 26.0 Å². The van der Waals surface area contributed by atoms with E-state index in [1.807, 2.05) is 45.0 Å². The maximum absolute atomic E-state index is 9.86. The molecule has 0 aliphatic carbocycles. The Morgan fingerprint density at radius 2 is 1.81 bits per heavy atom. The number of aliphatic hydroxyl groups is 1. The second-order valence-electron chi connectivity index (χ2n) is 4.26. The zero-order valence-electron chi connectivity index (χ0n) is 10.2. The van der Waals surface area contributed by atoms with Gasteiger partial charge in [-0.2, -0.15) is 0 Å². The van der Waals surface area contributed by atoms with Crippen molar-refractivity contribution in [3.63, 3.8) is 0 Å². The summed E-state index contributed by atoms with van der Waals surface area (Å²) in [6.07, 6.45) is -0.516. The lowest BCUT2D eigenvalue weighted by molar-refractivity contribution is 0.0979. The molecule has 0 bridgehead atoms. The lowest BCUT2D eigenvalue weighted by atomic mass is 9.94. The highest BCUT2D eigenvalue weighted by atomic mass is 16.5. The number of hydrogen-bond donors (Lipinski definition) is 2. The van der Waals surface area contributed by atoms with Crippen molar-refractivity contribution in [2.75, 3.05) is 6.61 Å². The summed E-state index contributed by atoms with van der Waals surface area (Å²) in [5.74, 6) is 0.985. The Bertz CT molecular complexity index is 308. The van der Waals surface area contributed by atoms with Crippen LogP contribution >= 0.6 is 0 Å². The molecule has 2 atom stereocenters. The Kier molecular flexibility index (Phi) is 4.77. The fraction of sp³-hybridized carbons (Fsp3) is 0.538. The quantitative estimate of drug-likeness (QED) is 0.803. The van der Waals surface area contributed by atoms with Crippen molar-refractivity contribution in [1.29, 1.82) is 0 Å². The predicted molar refractivity (Wildman–Crippen MR) is 65.4 cm³/mol. The van der Waals surface area contributed by atoms with Crippen LogP contribution in [0.25, 0.3) is 0 Å². The Morgan fingerprint density at radius 3 is 2.25 bits per heavy atom. The summed E-state index contributed by atoms with van der Waals surface area (Å²) in [7, 11) is 0. The molecule has 0 saturated heterocycles. The summed E-state index contributed by atoms with van der Waals surface area (Å²) in [5.41, 5.74) is 6.91. The summed E-state index contributed by atoms with van der Waals surface area (Å²) in [4.78, 5) is 0. The average molecular weight is 223 g/mol. The van der Waals surface area contributed by atoms with Gasteiger partial charge in [-0.25, -0.2) is 0 Å². The van der Waals surface area contributed by atoms with Gasteiger partial charge in [0, 0.05) is 0 Å². The van der Waals surface area contributed by atoms with Crippen LogP contribution < -0.4 is 10.5 Å². The number of nitrogens with two attached hydrogens (primary N) is 1. The number of ether oxygens (including phenoxy) is 1. The molecule has 1 aromatic carbocycles. The predicted octanol–water partition coefficient (Wildman–Crippen LogP) is 2.10. The van der Waals surface area contributed by atoms with Gasteiger partial charge in [0.05, 0.1) is 18.8 Å². The lowest BCUT2D eigenvalue weighted by Gasteiger charge is -2.22. The molecule has 0 heterocycles. The molecule has 0 spiro atoms. The molecule has 0 aliphatic heterocycles. The standard InChI is InChI=1S/C13H21NO2/c1-4-16-11-7-5-10(6-8-11)12(14)13(15)9(2)3/h5-9,12-13,15H,4,14H2,1-3H3. The topological polar surface area (TPSA) is 55.5 Å². The monoisotopic (exact) mass is 223 g/mol. The van der Waals surface area contributed by atoms with Crippen LogP contribution in [0.4, 0.5) is 0 Å². The minimum absolute atomic E-state index is 0.154. The Hall–Kier alpha value is -1.06. The van der Waals surface area contributed by atoms with Crippen LogP contribution in [-0.2, 0) is 0 Å². The summed E-state index contributed by atoms with van der Waals surface area (Å²) < 4.78 is 5.35. The van der Waals surface area contributed by atoms with Gasteiger partial charge in [0.1, 0.15) is 5.75 Å². The van der Waals surface area contributed by atoms with Gasteiger partial charge in [-0.3, -0.25) is 0 Å². The molecule has 0 aliphatic rings. The molecule has 1 aromatic rings. The zero-order chi connectivity index (χ0) is 12.1. The van der Waals surface area contributed by atoms with Gasteiger partial charge in [0.25, 0.3) is 0 Å². The fourth-order valence-corrected chi connectivity index (χ4v) is 1.56. The van der Waals surface area contributed by atoms with E-state index in [1.54, 1.807) is 0 Å². The molecule has 1 rings (SSSR count). The number of aliphatic hydroxyl groups excluding tert-OH is 1. The van der Waals surface area contributed by atoms with Gasteiger partial charge >= 0.3 is 0 Å². The third-order valence-corrected chi connectivity index (χ3v) is 2.63. The second-order valence-corrected chi connectivity index (χ2v) is 4.26. The van der Waals surface area contributed by atoms with E-state index in [2.05, 4.69) is 0 Å². The van der Waals surface area contributed by atoms with Crippen molar-refractivity contribution < 1.29 is 9.84 Å². The summed E-state index contributed by atoms with van der Waals surface area (Å²) in [6.45, 7) is 6.51. The highest BCUT2D eigenvalue weighted by molar-refractivity contribution is 5.29. The molecule has 0 radical (unpaired) electrons. The van der Waals surface area contributed by atoms with Crippen LogP contribution in [0.15, 0.2) is 24.3 Å². The second kappa shape index (κ2) is 5.87. The fourth-order valence-electron chi connectivity index (χ4n) is 1.56. The molecule has 3 heteroatoms. The van der Waals surface area contributed by atoms with Crippen LogP contribution in [0, 0.1) is 5.92 Å². The smallest absolute Gasteiger partial charge is 0.119 e. The van der Waals surface area contributed by atoms with Crippen molar-refractivity contribution in [1.82, 2.24) is 0 Å². The molecule has 0 aromatic heterocycles. The first-order chi connectivity index (χ1) is 7.56. The van der Waals surface area contributed by atoms with E-state index in [4.69, 9.17) is 10.5 Å². The molecule has 0 amide bonds. The minimum Gasteiger partial charge on any atom is -0.494 e. The first-order valence-corrected chi connectivity index (χ1v) is 5.72. The first kappa shape index (κ1) is 13.0. The van der Waals surface area contributed by atoms with Gasteiger partial charge in [-0.15, -0.1) is 0 Å². The molecule has 3 N–H and O–H groups in total. The highest BCUT2D eigenvalue weighted by Gasteiger charge is 2.19. The third-order valence-electron chi connectivity index (χ3n) is 2.63. The maximum atomic E-state index is 9.86. The molecule has 2 unspecified atom stereocenters. The maximum Gasteiger partial charge on any atom is 0.119 e. The average Bonchev–Trinajstić information content (AvgIpc) is 2.28. The van der Waals surface area contributed by atoms with Crippen molar-refractivity contribution >= 4 is 0 Å². The summed E-state index contributed by atoms with van der Waals surface area (Å²) in [5, 5.41) is 9.86. The van der Waals surface area contributed by atoms with E-state index in [0.717, 1.165) is 11.3 Å². The van der Waals surface area contributed by atoms with Crippen LogP contribution in [0.5, 0.6) is 5.75 Å². The van der Waals surface area contributed by atoms with E-state index in [0.29, 0.717) is 6.61 Å². The number of hydrogen-bond acceptors (Lipinski definition) is 3. The normalized spacial score (nSPS) is 14.9. The first-order valence-electron chi connectivity index (χ1n) is 5.72. The molecule has 16 heavy (non-hydrogen) atoms. The molecule has 0 saturated carbocycles. The van der Waals surface area contributed by atoms with E-state index in [1.165, 1.54) is 0 Å². The van der Waals surface area contributed by atoms with E-state index < -0.39 is 6.10 Å². The molecular formula is C13H21NO2. The summed E-state index contributed by atoms with van der Waals surface area (Å²) >= 11 is 0. The Labute approximate surface area is 97.2 Å². The van der Waals surface area contributed by atoms with Gasteiger partial charge in [-0.05, 0) is 30.5 Å².